The summed E-state index contributed by atoms with van der Waals surface area (Å²) in [5.74, 6) is -0.820. The molecule has 1 aromatic heterocycles. The number of amides is 2. The Morgan fingerprint density at radius 1 is 1.24 bits per heavy atom. The van der Waals surface area contributed by atoms with Crippen molar-refractivity contribution < 1.29 is 18.4 Å². The number of furan rings is 1. The van der Waals surface area contributed by atoms with Gasteiger partial charge in [0.25, 0.3) is 0 Å². The Kier molecular flexibility index (Phi) is 4.50. The number of halogens is 1. The van der Waals surface area contributed by atoms with Gasteiger partial charge in [0.05, 0.1) is 12.0 Å². The minimum absolute atomic E-state index is 0.00955. The first kappa shape index (κ1) is 14.5. The Morgan fingerprint density at radius 3 is 2.71 bits per heavy atom. The molecule has 0 saturated carbocycles. The molecule has 0 spiro atoms. The molecular weight excluding hydrogens is 275 g/mol. The van der Waals surface area contributed by atoms with E-state index in [9.17, 15) is 14.0 Å². The van der Waals surface area contributed by atoms with Crippen LogP contribution < -0.4 is 10.6 Å². The van der Waals surface area contributed by atoms with Gasteiger partial charge in [-0.05, 0) is 36.4 Å². The van der Waals surface area contributed by atoms with Crippen molar-refractivity contribution in [1.29, 1.82) is 0 Å². The van der Waals surface area contributed by atoms with Crippen LogP contribution in [0.5, 0.6) is 0 Å². The van der Waals surface area contributed by atoms with E-state index in [4.69, 9.17) is 4.42 Å². The topological polar surface area (TPSA) is 71.3 Å². The largest absolute Gasteiger partial charge is 0.465 e. The summed E-state index contributed by atoms with van der Waals surface area (Å²) in [7, 11) is 0. The van der Waals surface area contributed by atoms with E-state index in [1.807, 2.05) is 0 Å². The fraction of sp³-hybridized carbons (Fsp3) is 0.0667. The summed E-state index contributed by atoms with van der Waals surface area (Å²) in [4.78, 5) is 22.7. The number of hydrogen-bond acceptors (Lipinski definition) is 3. The lowest BCUT2D eigenvalue weighted by Crippen LogP contribution is -2.10. The normalized spacial score (nSPS) is 10.6. The Balaban J connectivity index is 2.05. The Morgan fingerprint density at radius 2 is 2.05 bits per heavy atom. The lowest BCUT2D eigenvalue weighted by molar-refractivity contribution is -0.114. The van der Waals surface area contributed by atoms with Gasteiger partial charge in [-0.3, -0.25) is 9.59 Å². The second-order valence-electron chi connectivity index (χ2n) is 4.21. The van der Waals surface area contributed by atoms with Gasteiger partial charge in [0.2, 0.25) is 11.8 Å². The summed E-state index contributed by atoms with van der Waals surface area (Å²) < 4.78 is 18.5. The molecule has 0 aliphatic heterocycles. The standard InChI is InChI=1S/C15H13FN2O3/c1-10(19)17-14-9-11(4-6-13(14)16)18-15(20)7-5-12-3-2-8-21-12/h2-9H,1H3,(H,17,19)(H,18,20)/b7-5+. The summed E-state index contributed by atoms with van der Waals surface area (Å²) in [5.41, 5.74) is 0.379. The van der Waals surface area contributed by atoms with Crippen LogP contribution in [0.15, 0.2) is 47.1 Å². The number of nitrogens with one attached hydrogen (secondary N) is 2. The van der Waals surface area contributed by atoms with Crippen LogP contribution in [0, 0.1) is 5.82 Å². The molecule has 0 radical (unpaired) electrons. The summed E-state index contributed by atoms with van der Waals surface area (Å²) in [6.07, 6.45) is 4.30. The molecule has 1 aromatic carbocycles. The maximum atomic E-state index is 13.4. The molecule has 0 bridgehead atoms. The molecule has 2 amide bonds. The zero-order valence-electron chi connectivity index (χ0n) is 11.2. The van der Waals surface area contributed by atoms with Crippen molar-refractivity contribution >= 4 is 29.3 Å². The maximum absolute atomic E-state index is 13.4. The number of rotatable bonds is 4. The first-order chi connectivity index (χ1) is 10.0. The van der Waals surface area contributed by atoms with Gasteiger partial charge in [0.15, 0.2) is 0 Å². The highest BCUT2D eigenvalue weighted by atomic mass is 19.1. The van der Waals surface area contributed by atoms with Gasteiger partial charge in [-0.2, -0.15) is 0 Å². The molecule has 0 atom stereocenters. The zero-order chi connectivity index (χ0) is 15.2. The van der Waals surface area contributed by atoms with Crippen LogP contribution in [0.25, 0.3) is 6.08 Å². The quantitative estimate of drug-likeness (QED) is 0.849. The number of hydrogen-bond donors (Lipinski definition) is 2. The van der Waals surface area contributed by atoms with E-state index in [-0.39, 0.29) is 5.69 Å². The van der Waals surface area contributed by atoms with E-state index in [1.54, 1.807) is 12.1 Å². The summed E-state index contributed by atoms with van der Waals surface area (Å²) >= 11 is 0. The lowest BCUT2D eigenvalue weighted by atomic mass is 10.2. The van der Waals surface area contributed by atoms with Gasteiger partial charge in [0, 0.05) is 18.7 Å². The molecule has 0 aliphatic carbocycles. The van der Waals surface area contributed by atoms with Gasteiger partial charge in [-0.15, -0.1) is 0 Å². The van der Waals surface area contributed by atoms with Crippen LogP contribution in [0.4, 0.5) is 15.8 Å². The van der Waals surface area contributed by atoms with E-state index in [0.717, 1.165) is 6.07 Å². The minimum Gasteiger partial charge on any atom is -0.465 e. The first-order valence-electron chi connectivity index (χ1n) is 6.14. The molecule has 6 heteroatoms. The molecule has 0 unspecified atom stereocenters. The fourth-order valence-corrected chi connectivity index (χ4v) is 1.62. The van der Waals surface area contributed by atoms with E-state index in [2.05, 4.69) is 10.6 Å². The van der Waals surface area contributed by atoms with Crippen molar-refractivity contribution in [3.05, 3.63) is 54.2 Å². The second kappa shape index (κ2) is 6.51. The maximum Gasteiger partial charge on any atom is 0.248 e. The van der Waals surface area contributed by atoms with Gasteiger partial charge in [-0.25, -0.2) is 4.39 Å². The molecule has 5 nitrogen and oxygen atoms in total. The third-order valence-electron chi connectivity index (χ3n) is 2.49. The van der Waals surface area contributed by atoms with Crippen molar-refractivity contribution in [2.45, 2.75) is 6.92 Å². The number of carbonyl (C=O) groups excluding carboxylic acids is 2. The zero-order valence-corrected chi connectivity index (χ0v) is 11.2. The highest BCUT2D eigenvalue weighted by molar-refractivity contribution is 6.02. The van der Waals surface area contributed by atoms with Crippen molar-refractivity contribution in [3.8, 4) is 0 Å². The van der Waals surface area contributed by atoms with Crippen molar-refractivity contribution in [2.75, 3.05) is 10.6 Å². The van der Waals surface area contributed by atoms with Gasteiger partial charge >= 0.3 is 0 Å². The third-order valence-corrected chi connectivity index (χ3v) is 2.49. The molecule has 108 valence electrons. The molecule has 2 aromatic rings. The minimum atomic E-state index is -0.575. The van der Waals surface area contributed by atoms with Gasteiger partial charge in [0.1, 0.15) is 11.6 Å². The predicted octanol–water partition coefficient (Wildman–Crippen LogP) is 3.03. The Labute approximate surface area is 120 Å². The van der Waals surface area contributed by atoms with Crippen LogP contribution in [0.3, 0.4) is 0 Å². The highest BCUT2D eigenvalue weighted by Gasteiger charge is 2.06. The van der Waals surface area contributed by atoms with E-state index in [0.29, 0.717) is 11.4 Å². The average Bonchev–Trinajstić information content (AvgIpc) is 2.93. The lowest BCUT2D eigenvalue weighted by Gasteiger charge is -2.07. The molecule has 2 N–H and O–H groups in total. The molecule has 1 heterocycles. The van der Waals surface area contributed by atoms with Crippen LogP contribution in [0.2, 0.25) is 0 Å². The molecular formula is C15H13FN2O3. The van der Waals surface area contributed by atoms with Crippen molar-refractivity contribution in [3.63, 3.8) is 0 Å². The summed E-state index contributed by atoms with van der Waals surface area (Å²) in [5, 5.41) is 4.90. The number of benzene rings is 1. The Bertz CT molecular complexity index is 678. The number of carbonyl (C=O) groups is 2. The van der Waals surface area contributed by atoms with Crippen LogP contribution in [-0.4, -0.2) is 11.8 Å². The summed E-state index contributed by atoms with van der Waals surface area (Å²) in [6.45, 7) is 1.27. The third kappa shape index (κ3) is 4.31. The average molecular weight is 288 g/mol. The second-order valence-corrected chi connectivity index (χ2v) is 4.21. The van der Waals surface area contributed by atoms with Crippen molar-refractivity contribution in [1.82, 2.24) is 0 Å². The number of anilines is 2. The predicted molar refractivity (Wildman–Crippen MR) is 77.1 cm³/mol. The summed E-state index contributed by atoms with van der Waals surface area (Å²) in [6, 6.07) is 7.32. The van der Waals surface area contributed by atoms with Crippen LogP contribution in [0.1, 0.15) is 12.7 Å². The molecule has 21 heavy (non-hydrogen) atoms. The molecule has 0 aliphatic rings. The molecule has 0 saturated heterocycles. The molecule has 0 fully saturated rings. The van der Waals surface area contributed by atoms with Crippen LogP contribution >= 0.6 is 0 Å². The van der Waals surface area contributed by atoms with E-state index in [1.165, 1.54) is 37.5 Å². The molecule has 2 rings (SSSR count). The Hall–Kier alpha value is -2.89. The SMILES string of the molecule is CC(=O)Nc1cc(NC(=O)/C=C/c2ccco2)ccc1F. The first-order valence-corrected chi connectivity index (χ1v) is 6.14. The van der Waals surface area contributed by atoms with Gasteiger partial charge < -0.3 is 15.1 Å². The monoisotopic (exact) mass is 288 g/mol. The highest BCUT2D eigenvalue weighted by Crippen LogP contribution is 2.19. The van der Waals surface area contributed by atoms with E-state index < -0.39 is 17.6 Å². The van der Waals surface area contributed by atoms with Gasteiger partial charge in [-0.1, -0.05) is 0 Å². The smallest absolute Gasteiger partial charge is 0.248 e. The fourth-order valence-electron chi connectivity index (χ4n) is 1.62. The van der Waals surface area contributed by atoms with E-state index >= 15 is 0 Å². The van der Waals surface area contributed by atoms with Crippen LogP contribution in [-0.2, 0) is 9.59 Å². The van der Waals surface area contributed by atoms with Crippen molar-refractivity contribution in [2.24, 2.45) is 0 Å².